The molecule has 0 amide bonds. The molecule has 0 aromatic heterocycles. The van der Waals surface area contributed by atoms with Gasteiger partial charge < -0.3 is 0 Å². The molecule has 3 radical (unpaired) electrons. The maximum atomic E-state index is 0. The van der Waals surface area contributed by atoms with E-state index in [9.17, 15) is 0 Å². The van der Waals surface area contributed by atoms with Crippen molar-refractivity contribution in [2.24, 2.45) is 0 Å². The van der Waals surface area contributed by atoms with Crippen LogP contribution < -0.4 is 0 Å². The second-order valence-electron chi connectivity index (χ2n) is 0. The summed E-state index contributed by atoms with van der Waals surface area (Å²) in [5.41, 5.74) is 0. The van der Waals surface area contributed by atoms with E-state index in [0.29, 0.717) is 0 Å². The van der Waals surface area contributed by atoms with Gasteiger partial charge in [-0.1, -0.05) is 0 Å². The Labute approximate surface area is 140 Å². The summed E-state index contributed by atoms with van der Waals surface area (Å²) in [5.74, 6) is 0. The first kappa shape index (κ1) is 23.3. The Kier molecular flexibility index (Phi) is 91.1. The summed E-state index contributed by atoms with van der Waals surface area (Å²) in [5, 5.41) is 0. The van der Waals surface area contributed by atoms with E-state index in [4.69, 9.17) is 0 Å². The van der Waals surface area contributed by atoms with Gasteiger partial charge in [0.15, 0.2) is 0 Å². The second-order valence-corrected chi connectivity index (χ2v) is 0. The van der Waals surface area contributed by atoms with Gasteiger partial charge in [-0.15, -0.1) is 0 Å². The van der Waals surface area contributed by atoms with Gasteiger partial charge in [0, 0.05) is 145 Å². The molecule has 4 heteroatoms. The third kappa shape index (κ3) is 9.90. The predicted octanol–water partition coefficient (Wildman–Crippen LogP) is -0.381. The molecule has 0 atom stereocenters. The van der Waals surface area contributed by atoms with Gasteiger partial charge >= 0.3 is 0 Å². The van der Waals surface area contributed by atoms with Crippen molar-refractivity contribution >= 4 is 19.8 Å². The van der Waals surface area contributed by atoms with Gasteiger partial charge in [-0.2, -0.15) is 0 Å². The van der Waals surface area contributed by atoms with E-state index in [1.54, 1.807) is 0 Å². The standard InChI is InChI=1S/3Ce.Ga. The maximum Gasteiger partial charge on any atom is 0 e. The Morgan fingerprint density at radius 3 is 0.500 bits per heavy atom. The van der Waals surface area contributed by atoms with Crippen LogP contribution in [0.25, 0.3) is 0 Å². The Bertz CT molecular complexity index is 3.25. The first-order valence-electron chi connectivity index (χ1n) is 0. The number of hydrogen-bond donors (Lipinski definition) is 0. The van der Waals surface area contributed by atoms with Crippen LogP contribution in [0.3, 0.4) is 0 Å². The van der Waals surface area contributed by atoms with Crippen molar-refractivity contribution in [1.29, 1.82) is 0 Å². The molecule has 0 fully saturated rings. The predicted molar refractivity (Wildman–Crippen MR) is 5.75 cm³/mol. The average molecular weight is 490 g/mol. The van der Waals surface area contributed by atoms with E-state index >= 15 is 0 Å². The molecular formula is Ce3Ga. The number of rotatable bonds is 0. The molecule has 0 bridgehead atoms. The summed E-state index contributed by atoms with van der Waals surface area (Å²) < 4.78 is 0. The maximum absolute atomic E-state index is 0. The summed E-state index contributed by atoms with van der Waals surface area (Å²) in [6, 6.07) is 0. The van der Waals surface area contributed by atoms with Crippen molar-refractivity contribution in [1.82, 2.24) is 0 Å². The van der Waals surface area contributed by atoms with Gasteiger partial charge in [-0.3, -0.25) is 0 Å². The molecular weight excluding hydrogens is 490 g/mol. The van der Waals surface area contributed by atoms with Crippen LogP contribution in [0.1, 0.15) is 0 Å². The summed E-state index contributed by atoms with van der Waals surface area (Å²) in [6.45, 7) is 0. The summed E-state index contributed by atoms with van der Waals surface area (Å²) in [4.78, 5) is 0. The van der Waals surface area contributed by atoms with Crippen LogP contribution in [0.4, 0.5) is 0 Å². The molecule has 0 aromatic carbocycles. The van der Waals surface area contributed by atoms with Gasteiger partial charge in [0.05, 0.1) is 0 Å². The van der Waals surface area contributed by atoms with E-state index in [0.717, 1.165) is 0 Å². The minimum absolute atomic E-state index is 0. The van der Waals surface area contributed by atoms with Crippen molar-refractivity contribution in [3.05, 3.63) is 0 Å². The molecule has 0 nitrogen and oxygen atoms in total. The van der Waals surface area contributed by atoms with E-state index in [2.05, 4.69) is 0 Å². The zero-order valence-corrected chi connectivity index (χ0v) is 13.9. The molecule has 4 heavy (non-hydrogen) atoms. The molecule has 0 unspecified atom stereocenters. The van der Waals surface area contributed by atoms with Crippen LogP contribution in [0, 0.1) is 125 Å². The minimum atomic E-state index is 0. The second kappa shape index (κ2) is 15.7. The molecule has 0 aliphatic carbocycles. The van der Waals surface area contributed by atoms with Crippen LogP contribution in [-0.4, -0.2) is 19.8 Å². The zero-order chi connectivity index (χ0) is 0. The molecule has 0 heterocycles. The van der Waals surface area contributed by atoms with Crippen molar-refractivity contribution in [3.8, 4) is 0 Å². The Morgan fingerprint density at radius 1 is 0.500 bits per heavy atom. The molecule has 0 saturated carbocycles. The smallest absolute Gasteiger partial charge is 0 e. The van der Waals surface area contributed by atoms with E-state index in [-0.39, 0.29) is 145 Å². The van der Waals surface area contributed by atoms with Crippen LogP contribution in [0.2, 0.25) is 0 Å². The SMILES string of the molecule is [Ce].[Ce].[Ce].[Ga]. The van der Waals surface area contributed by atoms with E-state index in [1.165, 1.54) is 0 Å². The normalized spacial score (nSPS) is 0. The van der Waals surface area contributed by atoms with Crippen molar-refractivity contribution in [2.45, 2.75) is 0 Å². The molecule has 0 aliphatic heterocycles. The third-order valence-corrected chi connectivity index (χ3v) is 0. The topological polar surface area (TPSA) is 0 Å². The Balaban J connectivity index is 0. The molecule has 0 N–H and O–H groups in total. The molecule has 0 aliphatic rings. The van der Waals surface area contributed by atoms with Crippen LogP contribution >= 0.6 is 0 Å². The quantitative estimate of drug-likeness (QED) is 0.407. The average Bonchev–Trinajstić information content (AvgIpc) is 0. The van der Waals surface area contributed by atoms with Gasteiger partial charge in [0.2, 0.25) is 0 Å². The first-order chi connectivity index (χ1) is 0. The van der Waals surface area contributed by atoms with Crippen molar-refractivity contribution < 1.29 is 125 Å². The Hall–Kier alpha value is 4.77. The number of hydrogen-bond acceptors (Lipinski definition) is 0. The van der Waals surface area contributed by atoms with Crippen LogP contribution in [0.15, 0.2) is 0 Å². The van der Waals surface area contributed by atoms with Gasteiger partial charge in [0.25, 0.3) is 0 Å². The van der Waals surface area contributed by atoms with E-state index < -0.39 is 0 Å². The summed E-state index contributed by atoms with van der Waals surface area (Å²) in [7, 11) is 0. The van der Waals surface area contributed by atoms with Gasteiger partial charge in [0.1, 0.15) is 0 Å². The van der Waals surface area contributed by atoms with Crippen LogP contribution in [-0.2, 0) is 0 Å². The Morgan fingerprint density at radius 2 is 0.500 bits per heavy atom. The summed E-state index contributed by atoms with van der Waals surface area (Å²) >= 11 is 0. The molecule has 0 saturated heterocycles. The largest absolute Gasteiger partial charge is 0 e. The van der Waals surface area contributed by atoms with Crippen molar-refractivity contribution in [2.75, 3.05) is 0 Å². The zero-order valence-electron chi connectivity index (χ0n) is 2.08. The molecule has 15 valence electrons. The van der Waals surface area contributed by atoms with Crippen LogP contribution in [0.5, 0.6) is 0 Å². The fourth-order valence-electron chi connectivity index (χ4n) is 0. The minimum Gasteiger partial charge on any atom is 0 e. The van der Waals surface area contributed by atoms with Crippen molar-refractivity contribution in [3.63, 3.8) is 0 Å². The fraction of sp³-hybridized carbons (Fsp3) is 0. The third-order valence-electron chi connectivity index (χ3n) is 0. The summed E-state index contributed by atoms with van der Waals surface area (Å²) in [6.07, 6.45) is 0. The van der Waals surface area contributed by atoms with E-state index in [1.807, 2.05) is 0 Å². The monoisotopic (exact) mass is 489 g/mol. The fourth-order valence-corrected chi connectivity index (χ4v) is 0. The van der Waals surface area contributed by atoms with Gasteiger partial charge in [-0.05, 0) is 0 Å². The molecule has 0 aromatic rings. The molecule has 0 spiro atoms. The first-order valence-corrected chi connectivity index (χ1v) is 0. The molecule has 0 rings (SSSR count). The van der Waals surface area contributed by atoms with Gasteiger partial charge in [-0.25, -0.2) is 0 Å².